The molecule has 2 N–H and O–H groups in total. The number of aliphatic hydroxyl groups is 1. The lowest BCUT2D eigenvalue weighted by atomic mass is 9.77. The lowest BCUT2D eigenvalue weighted by Gasteiger charge is -2.46. The number of imidazole rings is 1. The topological polar surface area (TPSA) is 95.1 Å². The minimum Gasteiger partial charge on any atom is -0.477 e. The van der Waals surface area contributed by atoms with Crippen LogP contribution in [0.3, 0.4) is 0 Å². The number of amides is 1. The summed E-state index contributed by atoms with van der Waals surface area (Å²) in [7, 11) is 0. The van der Waals surface area contributed by atoms with Crippen LogP contribution in [0.2, 0.25) is 0 Å². The number of carbonyl (C=O) groups is 2. The molecule has 0 radical (unpaired) electrons. The molecule has 4 heterocycles. The van der Waals surface area contributed by atoms with Crippen molar-refractivity contribution in [2.75, 3.05) is 6.26 Å². The van der Waals surface area contributed by atoms with Crippen LogP contribution in [0.25, 0.3) is 10.4 Å². The second kappa shape index (κ2) is 5.58. The lowest BCUT2D eigenvalue weighted by Crippen LogP contribution is -2.63. The molecule has 0 saturated carbocycles. The van der Waals surface area contributed by atoms with Crippen LogP contribution < -0.4 is 0 Å². The molecule has 1 saturated heterocycles. The van der Waals surface area contributed by atoms with Crippen molar-refractivity contribution in [1.82, 2.24) is 14.3 Å². The summed E-state index contributed by atoms with van der Waals surface area (Å²) in [5.41, 5.74) is 0.706. The Labute approximate surface area is 152 Å². The Hall–Kier alpha value is -1.84. The van der Waals surface area contributed by atoms with Gasteiger partial charge in [0.1, 0.15) is 21.9 Å². The maximum Gasteiger partial charge on any atom is 0.352 e. The van der Waals surface area contributed by atoms with E-state index < -0.39 is 18.0 Å². The Bertz CT molecular complexity index is 929. The maximum atomic E-state index is 12.4. The number of β-lactam (4-membered cyclic amide) rings is 1. The molecule has 1 fully saturated rings. The van der Waals surface area contributed by atoms with Crippen molar-refractivity contribution in [3.63, 3.8) is 0 Å². The van der Waals surface area contributed by atoms with E-state index in [0.717, 1.165) is 14.7 Å². The van der Waals surface area contributed by atoms with Gasteiger partial charge in [0.15, 0.2) is 0 Å². The SMILES string of the molecule is CSc1ncn2cc(C3=C(C(=O)O)N4C(=O)[C@@H]([C@@H](C)O)[C@H]4[C@H]3C)sc12. The number of carboxylic acid groups (broad SMARTS) is 1. The van der Waals surface area contributed by atoms with Crippen molar-refractivity contribution < 1.29 is 19.8 Å². The first kappa shape index (κ1) is 16.6. The smallest absolute Gasteiger partial charge is 0.352 e. The van der Waals surface area contributed by atoms with Crippen molar-refractivity contribution in [3.8, 4) is 0 Å². The predicted molar refractivity (Wildman–Crippen MR) is 94.4 cm³/mol. The molecule has 2 aliphatic heterocycles. The van der Waals surface area contributed by atoms with Gasteiger partial charge in [-0.2, -0.15) is 0 Å². The van der Waals surface area contributed by atoms with Crippen molar-refractivity contribution in [2.24, 2.45) is 11.8 Å². The Balaban J connectivity index is 1.85. The molecule has 0 bridgehead atoms. The first-order valence-electron chi connectivity index (χ1n) is 7.86. The molecule has 9 heteroatoms. The standard InChI is InChI=1S/C16H17N3O4S2/c1-6-9(8-4-18-5-17-13(24-3)15(18)25-8)12(16(22)23)19-11(6)10(7(2)20)14(19)21/h4-7,10-11,20H,1-3H3,(H,22,23)/t6-,7+,10-,11+/m0/s1. The zero-order valence-electron chi connectivity index (χ0n) is 13.8. The van der Waals surface area contributed by atoms with Gasteiger partial charge in [-0.05, 0) is 13.2 Å². The Morgan fingerprint density at radius 2 is 2.20 bits per heavy atom. The molecule has 1 amide bonds. The second-order valence-electron chi connectivity index (χ2n) is 6.38. The van der Waals surface area contributed by atoms with Gasteiger partial charge in [-0.15, -0.1) is 23.1 Å². The zero-order chi connectivity index (χ0) is 18.0. The summed E-state index contributed by atoms with van der Waals surface area (Å²) >= 11 is 3.01. The number of aliphatic carboxylic acids is 1. The van der Waals surface area contributed by atoms with Crippen LogP contribution >= 0.6 is 23.1 Å². The average Bonchev–Trinajstić information content (AvgIpc) is 3.16. The summed E-state index contributed by atoms with van der Waals surface area (Å²) in [6.45, 7) is 3.50. The van der Waals surface area contributed by atoms with E-state index in [9.17, 15) is 19.8 Å². The fourth-order valence-corrected chi connectivity index (χ4v) is 5.86. The summed E-state index contributed by atoms with van der Waals surface area (Å²) in [5.74, 6) is -2.12. The van der Waals surface area contributed by atoms with Crippen LogP contribution in [0, 0.1) is 11.8 Å². The highest BCUT2D eigenvalue weighted by atomic mass is 32.2. The molecule has 25 heavy (non-hydrogen) atoms. The highest BCUT2D eigenvalue weighted by Gasteiger charge is 2.60. The molecule has 2 aromatic heterocycles. The van der Waals surface area contributed by atoms with Gasteiger partial charge in [0.05, 0.1) is 22.9 Å². The molecule has 0 aromatic carbocycles. The first-order chi connectivity index (χ1) is 11.9. The molecule has 0 spiro atoms. The molecule has 2 aromatic rings. The monoisotopic (exact) mass is 379 g/mol. The van der Waals surface area contributed by atoms with E-state index in [4.69, 9.17) is 0 Å². The quantitative estimate of drug-likeness (QED) is 0.621. The van der Waals surface area contributed by atoms with Gasteiger partial charge in [-0.25, -0.2) is 9.78 Å². The Morgan fingerprint density at radius 3 is 2.80 bits per heavy atom. The number of hydrogen-bond donors (Lipinski definition) is 2. The van der Waals surface area contributed by atoms with Gasteiger partial charge in [-0.1, -0.05) is 6.92 Å². The van der Waals surface area contributed by atoms with Crippen LogP contribution in [-0.2, 0) is 9.59 Å². The van der Waals surface area contributed by atoms with Gasteiger partial charge in [0, 0.05) is 17.7 Å². The molecule has 4 atom stereocenters. The van der Waals surface area contributed by atoms with E-state index in [1.807, 2.05) is 23.8 Å². The molecule has 0 aliphatic carbocycles. The van der Waals surface area contributed by atoms with E-state index in [2.05, 4.69) is 4.98 Å². The molecule has 2 aliphatic rings. The van der Waals surface area contributed by atoms with E-state index >= 15 is 0 Å². The number of fused-ring (bicyclic) bond motifs is 2. The average molecular weight is 379 g/mol. The minimum absolute atomic E-state index is 0.0440. The number of hydrogen-bond acceptors (Lipinski definition) is 6. The Morgan fingerprint density at radius 1 is 1.48 bits per heavy atom. The number of carbonyl (C=O) groups excluding carboxylic acids is 1. The fourth-order valence-electron chi connectivity index (χ4n) is 3.94. The van der Waals surface area contributed by atoms with Crippen molar-refractivity contribution >= 4 is 45.4 Å². The minimum atomic E-state index is -1.11. The van der Waals surface area contributed by atoms with Crippen LogP contribution in [0.5, 0.6) is 0 Å². The summed E-state index contributed by atoms with van der Waals surface area (Å²) in [6, 6.07) is -0.298. The molecule has 132 valence electrons. The molecular formula is C16H17N3O4S2. The largest absolute Gasteiger partial charge is 0.477 e. The van der Waals surface area contributed by atoms with E-state index in [1.54, 1.807) is 13.3 Å². The van der Waals surface area contributed by atoms with Crippen molar-refractivity contribution in [3.05, 3.63) is 23.1 Å². The summed E-state index contributed by atoms with van der Waals surface area (Å²) in [5, 5.41) is 20.5. The van der Waals surface area contributed by atoms with Crippen LogP contribution in [0.4, 0.5) is 0 Å². The summed E-state index contributed by atoms with van der Waals surface area (Å²) in [6.07, 6.45) is 4.73. The Kier molecular flexibility index (Phi) is 3.71. The number of thioether (sulfide) groups is 1. The van der Waals surface area contributed by atoms with Crippen LogP contribution in [-0.4, -0.2) is 54.8 Å². The van der Waals surface area contributed by atoms with Gasteiger partial charge < -0.3 is 15.1 Å². The normalized spacial score (nSPS) is 27.0. The van der Waals surface area contributed by atoms with Crippen LogP contribution in [0.1, 0.15) is 18.7 Å². The summed E-state index contributed by atoms with van der Waals surface area (Å²) in [4.78, 5) is 31.7. The number of thiazole rings is 1. The van der Waals surface area contributed by atoms with Crippen molar-refractivity contribution in [2.45, 2.75) is 31.0 Å². The first-order valence-corrected chi connectivity index (χ1v) is 9.90. The zero-order valence-corrected chi connectivity index (χ0v) is 15.5. The summed E-state index contributed by atoms with van der Waals surface area (Å²) < 4.78 is 1.88. The maximum absolute atomic E-state index is 12.4. The highest BCUT2D eigenvalue weighted by molar-refractivity contribution is 7.98. The van der Waals surface area contributed by atoms with Gasteiger partial charge >= 0.3 is 5.97 Å². The van der Waals surface area contributed by atoms with Crippen LogP contribution in [0.15, 0.2) is 23.2 Å². The number of aromatic nitrogens is 2. The fraction of sp³-hybridized carbons (Fsp3) is 0.438. The third kappa shape index (κ3) is 2.12. The van der Waals surface area contributed by atoms with Crippen molar-refractivity contribution in [1.29, 1.82) is 0 Å². The third-order valence-corrected chi connectivity index (χ3v) is 6.97. The molecule has 4 rings (SSSR count). The van der Waals surface area contributed by atoms with E-state index in [0.29, 0.717) is 5.57 Å². The predicted octanol–water partition coefficient (Wildman–Crippen LogP) is 1.77. The molecular weight excluding hydrogens is 362 g/mol. The van der Waals surface area contributed by atoms with E-state index in [-0.39, 0.29) is 23.6 Å². The number of nitrogens with zero attached hydrogens (tertiary/aromatic N) is 3. The van der Waals surface area contributed by atoms with Gasteiger partial charge in [0.25, 0.3) is 0 Å². The molecule has 0 unspecified atom stereocenters. The molecule has 7 nitrogen and oxygen atoms in total. The number of carboxylic acids is 1. The number of rotatable bonds is 4. The van der Waals surface area contributed by atoms with Gasteiger partial charge in [-0.3, -0.25) is 9.20 Å². The number of aliphatic hydroxyl groups excluding tert-OH is 1. The second-order valence-corrected chi connectivity index (χ2v) is 8.21. The van der Waals surface area contributed by atoms with Gasteiger partial charge in [0.2, 0.25) is 5.91 Å². The lowest BCUT2D eigenvalue weighted by molar-refractivity contribution is -0.163. The third-order valence-electron chi connectivity index (χ3n) is 5.01. The highest BCUT2D eigenvalue weighted by Crippen LogP contribution is 2.51. The van der Waals surface area contributed by atoms with E-state index in [1.165, 1.54) is 28.0 Å².